The van der Waals surface area contributed by atoms with Gasteiger partial charge in [-0.05, 0) is 29.8 Å². The molecule has 1 heterocycles. The number of hydrogen-bond donors (Lipinski definition) is 0. The highest BCUT2D eigenvalue weighted by molar-refractivity contribution is 9.10. The lowest BCUT2D eigenvalue weighted by atomic mass is 10.1. The van der Waals surface area contributed by atoms with Crippen molar-refractivity contribution in [1.29, 1.82) is 0 Å². The van der Waals surface area contributed by atoms with Crippen molar-refractivity contribution in [2.45, 2.75) is 6.42 Å². The number of thiazole rings is 1. The van der Waals surface area contributed by atoms with Gasteiger partial charge in [-0.15, -0.1) is 11.3 Å². The maximum absolute atomic E-state index is 12.9. The molecule has 0 atom stereocenters. The van der Waals surface area contributed by atoms with E-state index in [2.05, 4.69) is 26.3 Å². The zero-order valence-corrected chi connectivity index (χ0v) is 12.9. The highest BCUT2D eigenvalue weighted by Gasteiger charge is 2.05. The van der Waals surface area contributed by atoms with Gasteiger partial charge in [0.25, 0.3) is 0 Å². The van der Waals surface area contributed by atoms with Gasteiger partial charge in [-0.1, -0.05) is 40.2 Å². The smallest absolute Gasteiger partial charge is 0.123 e. The normalized spacial score (nSPS) is 10.7. The summed E-state index contributed by atoms with van der Waals surface area (Å²) in [6.07, 6.45) is 0.738. The summed E-state index contributed by atoms with van der Waals surface area (Å²) in [4.78, 5) is 4.64. The Morgan fingerprint density at radius 1 is 1.00 bits per heavy atom. The van der Waals surface area contributed by atoms with Gasteiger partial charge in [0.1, 0.15) is 5.82 Å². The average molecular weight is 348 g/mol. The van der Waals surface area contributed by atoms with Gasteiger partial charge in [0, 0.05) is 21.8 Å². The lowest BCUT2D eigenvalue weighted by Gasteiger charge is -1.98. The van der Waals surface area contributed by atoms with Crippen LogP contribution in [0.25, 0.3) is 11.3 Å². The molecule has 20 heavy (non-hydrogen) atoms. The van der Waals surface area contributed by atoms with Crippen LogP contribution >= 0.6 is 27.3 Å². The van der Waals surface area contributed by atoms with Crippen LogP contribution in [-0.2, 0) is 6.42 Å². The predicted molar refractivity (Wildman–Crippen MR) is 84.5 cm³/mol. The van der Waals surface area contributed by atoms with E-state index in [-0.39, 0.29) is 5.82 Å². The van der Waals surface area contributed by atoms with Gasteiger partial charge < -0.3 is 0 Å². The topological polar surface area (TPSA) is 12.9 Å². The Balaban J connectivity index is 1.80. The first-order valence-corrected chi connectivity index (χ1v) is 7.83. The van der Waals surface area contributed by atoms with Gasteiger partial charge in [0.05, 0.1) is 10.7 Å². The third kappa shape index (κ3) is 3.14. The molecule has 1 nitrogen and oxygen atoms in total. The molecular formula is C16H11BrFNS. The minimum Gasteiger partial charge on any atom is -0.241 e. The van der Waals surface area contributed by atoms with Crippen LogP contribution in [0.5, 0.6) is 0 Å². The first kappa shape index (κ1) is 13.5. The molecular weight excluding hydrogens is 337 g/mol. The molecule has 3 aromatic rings. The van der Waals surface area contributed by atoms with Crippen LogP contribution in [0.3, 0.4) is 0 Å². The largest absolute Gasteiger partial charge is 0.241 e. The summed E-state index contributed by atoms with van der Waals surface area (Å²) in [7, 11) is 0. The summed E-state index contributed by atoms with van der Waals surface area (Å²) in [5, 5.41) is 3.09. The zero-order chi connectivity index (χ0) is 13.9. The Morgan fingerprint density at radius 2 is 1.70 bits per heavy atom. The second kappa shape index (κ2) is 5.85. The van der Waals surface area contributed by atoms with Crippen LogP contribution in [-0.4, -0.2) is 4.98 Å². The van der Waals surface area contributed by atoms with Crippen molar-refractivity contribution in [3.63, 3.8) is 0 Å². The maximum Gasteiger partial charge on any atom is 0.123 e. The van der Waals surface area contributed by atoms with Crippen LogP contribution < -0.4 is 0 Å². The van der Waals surface area contributed by atoms with Crippen LogP contribution in [0.4, 0.5) is 4.39 Å². The summed E-state index contributed by atoms with van der Waals surface area (Å²) >= 11 is 5.06. The Morgan fingerprint density at radius 3 is 2.40 bits per heavy atom. The van der Waals surface area contributed by atoms with E-state index in [1.165, 1.54) is 12.1 Å². The summed E-state index contributed by atoms with van der Waals surface area (Å²) < 4.78 is 13.9. The molecule has 1 aromatic heterocycles. The number of aromatic nitrogens is 1. The van der Waals surface area contributed by atoms with Crippen molar-refractivity contribution in [2.75, 3.05) is 0 Å². The van der Waals surface area contributed by atoms with E-state index in [9.17, 15) is 4.39 Å². The van der Waals surface area contributed by atoms with Crippen molar-refractivity contribution in [3.8, 4) is 11.3 Å². The molecule has 100 valence electrons. The molecule has 0 aliphatic rings. The Hall–Kier alpha value is -1.52. The molecule has 2 aromatic carbocycles. The van der Waals surface area contributed by atoms with Crippen molar-refractivity contribution in [1.82, 2.24) is 4.98 Å². The van der Waals surface area contributed by atoms with E-state index in [1.807, 2.05) is 24.3 Å². The number of halogens is 2. The minimum atomic E-state index is -0.205. The fourth-order valence-electron chi connectivity index (χ4n) is 1.92. The zero-order valence-electron chi connectivity index (χ0n) is 10.5. The molecule has 0 saturated heterocycles. The highest BCUT2D eigenvalue weighted by Crippen LogP contribution is 2.24. The second-order valence-corrected chi connectivity index (χ2v) is 6.29. The van der Waals surface area contributed by atoms with Crippen LogP contribution in [0.2, 0.25) is 0 Å². The number of rotatable bonds is 3. The molecule has 4 heteroatoms. The van der Waals surface area contributed by atoms with E-state index in [1.54, 1.807) is 23.5 Å². The maximum atomic E-state index is 12.9. The Kier molecular flexibility index (Phi) is 3.94. The first-order chi connectivity index (χ1) is 9.70. The molecule has 0 aliphatic carbocycles. The van der Waals surface area contributed by atoms with E-state index in [0.717, 1.165) is 32.7 Å². The number of benzene rings is 2. The van der Waals surface area contributed by atoms with Gasteiger partial charge in [-0.2, -0.15) is 0 Å². The summed E-state index contributed by atoms with van der Waals surface area (Å²) in [6, 6.07) is 14.7. The van der Waals surface area contributed by atoms with Crippen molar-refractivity contribution in [3.05, 3.63) is 74.8 Å². The molecule has 0 saturated carbocycles. The van der Waals surface area contributed by atoms with Gasteiger partial charge >= 0.3 is 0 Å². The van der Waals surface area contributed by atoms with E-state index in [0.29, 0.717) is 0 Å². The van der Waals surface area contributed by atoms with E-state index < -0.39 is 0 Å². The lowest BCUT2D eigenvalue weighted by Crippen LogP contribution is -1.88. The van der Waals surface area contributed by atoms with Crippen LogP contribution in [0.1, 0.15) is 10.6 Å². The van der Waals surface area contributed by atoms with E-state index >= 15 is 0 Å². The fraction of sp³-hybridized carbons (Fsp3) is 0.0625. The third-order valence-electron chi connectivity index (χ3n) is 2.96. The monoisotopic (exact) mass is 347 g/mol. The first-order valence-electron chi connectivity index (χ1n) is 6.15. The summed E-state index contributed by atoms with van der Waals surface area (Å²) in [5.41, 5.74) is 3.16. The molecule has 0 unspecified atom stereocenters. The number of nitrogens with zero attached hydrogens (tertiary/aromatic N) is 1. The lowest BCUT2D eigenvalue weighted by molar-refractivity contribution is 0.627. The number of hydrogen-bond acceptors (Lipinski definition) is 2. The van der Waals surface area contributed by atoms with Gasteiger partial charge in [-0.25, -0.2) is 9.37 Å². The second-order valence-electron chi connectivity index (χ2n) is 4.44. The average Bonchev–Trinajstić information content (AvgIpc) is 2.91. The molecule has 0 radical (unpaired) electrons. The molecule has 3 rings (SSSR count). The third-order valence-corrected chi connectivity index (χ3v) is 4.34. The molecule has 0 aliphatic heterocycles. The van der Waals surface area contributed by atoms with Gasteiger partial charge in [0.15, 0.2) is 0 Å². The quantitative estimate of drug-likeness (QED) is 0.626. The molecule has 0 bridgehead atoms. The standard InChI is InChI=1S/C16H11BrFNS/c17-13-5-3-12(4-6-13)15-10-20-16(19-15)9-11-1-7-14(18)8-2-11/h1-8,10H,9H2. The minimum absolute atomic E-state index is 0.205. The van der Waals surface area contributed by atoms with Gasteiger partial charge in [-0.3, -0.25) is 0 Å². The fourth-order valence-corrected chi connectivity index (χ4v) is 3.02. The summed E-state index contributed by atoms with van der Waals surface area (Å²) in [6.45, 7) is 0. The highest BCUT2D eigenvalue weighted by atomic mass is 79.9. The Labute approximate surface area is 129 Å². The summed E-state index contributed by atoms with van der Waals surface area (Å²) in [5.74, 6) is -0.205. The molecule has 0 amide bonds. The predicted octanol–water partition coefficient (Wildman–Crippen LogP) is 5.30. The van der Waals surface area contributed by atoms with Crippen molar-refractivity contribution in [2.24, 2.45) is 0 Å². The van der Waals surface area contributed by atoms with E-state index in [4.69, 9.17) is 0 Å². The Bertz CT molecular complexity index is 704. The van der Waals surface area contributed by atoms with Gasteiger partial charge in [0.2, 0.25) is 0 Å². The molecule has 0 N–H and O–H groups in total. The SMILES string of the molecule is Fc1ccc(Cc2nc(-c3ccc(Br)cc3)cs2)cc1. The molecule has 0 spiro atoms. The molecule has 0 fully saturated rings. The van der Waals surface area contributed by atoms with Crippen LogP contribution in [0.15, 0.2) is 58.4 Å². The van der Waals surface area contributed by atoms with Crippen molar-refractivity contribution >= 4 is 27.3 Å². The van der Waals surface area contributed by atoms with Crippen LogP contribution in [0, 0.1) is 5.82 Å². The van der Waals surface area contributed by atoms with Crippen molar-refractivity contribution < 1.29 is 4.39 Å².